The fraction of sp³-hybridized carbons (Fsp3) is 0.200. The smallest absolute Gasteiger partial charge is 0.243 e. The highest BCUT2D eigenvalue weighted by Gasteiger charge is 1.98. The number of hydrogen-bond donors (Lipinski definition) is 3. The Bertz CT molecular complexity index is 580. The highest BCUT2D eigenvalue weighted by atomic mass is 35.5. The Balaban J connectivity index is 0.00000220. The lowest BCUT2D eigenvalue weighted by Crippen LogP contribution is -2.22. The number of nitrogens with two attached hydrogens (primary N) is 1. The summed E-state index contributed by atoms with van der Waals surface area (Å²) in [4.78, 5) is 18.5. The molecule has 0 unspecified atom stereocenters. The van der Waals surface area contributed by atoms with Gasteiger partial charge >= 0.3 is 0 Å². The van der Waals surface area contributed by atoms with E-state index in [1.165, 1.54) is 0 Å². The highest BCUT2D eigenvalue weighted by molar-refractivity contribution is 5.91. The molecule has 0 fully saturated rings. The van der Waals surface area contributed by atoms with E-state index in [9.17, 15) is 4.79 Å². The van der Waals surface area contributed by atoms with Gasteiger partial charge in [-0.1, -0.05) is 30.3 Å². The van der Waals surface area contributed by atoms with Gasteiger partial charge in [-0.05, 0) is 24.5 Å². The van der Waals surface area contributed by atoms with Crippen LogP contribution in [-0.2, 0) is 11.2 Å². The lowest BCUT2D eigenvalue weighted by molar-refractivity contribution is -0.116. The van der Waals surface area contributed by atoms with E-state index < -0.39 is 0 Å². The monoisotopic (exact) mass is 306 g/mol. The summed E-state index contributed by atoms with van der Waals surface area (Å²) in [5.41, 5.74) is 7.47. The molecule has 1 aromatic carbocycles. The molecule has 0 aliphatic rings. The first-order chi connectivity index (χ1) is 9.74. The van der Waals surface area contributed by atoms with Crippen LogP contribution in [0, 0.1) is 0 Å². The summed E-state index contributed by atoms with van der Waals surface area (Å²) >= 11 is 0. The number of hydrogen-bond acceptors (Lipinski definition) is 3. The number of carbonyl (C=O) groups is 1. The maximum atomic E-state index is 11.6. The summed E-state index contributed by atoms with van der Waals surface area (Å²) in [5.74, 6) is 0.341. The predicted molar refractivity (Wildman–Crippen MR) is 87.1 cm³/mol. The van der Waals surface area contributed by atoms with Crippen molar-refractivity contribution in [2.75, 3.05) is 12.3 Å². The van der Waals surface area contributed by atoms with Crippen molar-refractivity contribution >= 4 is 30.3 Å². The topological polar surface area (TPSA) is 83.8 Å². The van der Waals surface area contributed by atoms with Crippen LogP contribution in [0.5, 0.6) is 0 Å². The second kappa shape index (κ2) is 8.81. The second-order valence-corrected chi connectivity index (χ2v) is 4.43. The highest BCUT2D eigenvalue weighted by Crippen LogP contribution is 2.01. The Hall–Kier alpha value is -2.27. The molecule has 0 aliphatic carbocycles. The Kier molecular flexibility index (Phi) is 7.04. The van der Waals surface area contributed by atoms with Crippen molar-refractivity contribution in [1.29, 1.82) is 0 Å². The fourth-order valence-corrected chi connectivity index (χ4v) is 1.79. The van der Waals surface area contributed by atoms with Gasteiger partial charge in [0.05, 0.1) is 6.20 Å². The van der Waals surface area contributed by atoms with E-state index >= 15 is 0 Å². The van der Waals surface area contributed by atoms with Gasteiger partial charge in [0.25, 0.3) is 0 Å². The third-order valence-electron chi connectivity index (χ3n) is 2.80. The summed E-state index contributed by atoms with van der Waals surface area (Å²) in [7, 11) is 0. The Morgan fingerprint density at radius 3 is 2.76 bits per heavy atom. The van der Waals surface area contributed by atoms with Crippen LogP contribution in [0.4, 0.5) is 5.95 Å². The van der Waals surface area contributed by atoms with Crippen LogP contribution < -0.4 is 11.1 Å². The van der Waals surface area contributed by atoms with Gasteiger partial charge in [-0.15, -0.1) is 12.4 Å². The molecule has 6 heteroatoms. The maximum Gasteiger partial charge on any atom is 0.243 e. The quantitative estimate of drug-likeness (QED) is 0.565. The molecule has 1 amide bonds. The average molecular weight is 307 g/mol. The number of carbonyl (C=O) groups excluding carboxylic acids is 1. The van der Waals surface area contributed by atoms with Crippen molar-refractivity contribution in [3.63, 3.8) is 0 Å². The molecule has 0 saturated heterocycles. The van der Waals surface area contributed by atoms with E-state index in [4.69, 9.17) is 5.73 Å². The summed E-state index contributed by atoms with van der Waals surface area (Å²) < 4.78 is 0. The number of imidazole rings is 1. The summed E-state index contributed by atoms with van der Waals surface area (Å²) in [5, 5.41) is 2.84. The zero-order valence-corrected chi connectivity index (χ0v) is 12.4. The Labute approximate surface area is 130 Å². The van der Waals surface area contributed by atoms with E-state index in [0.717, 1.165) is 24.1 Å². The Morgan fingerprint density at radius 1 is 1.33 bits per heavy atom. The van der Waals surface area contributed by atoms with Gasteiger partial charge in [0.1, 0.15) is 0 Å². The number of nitrogens with zero attached hydrogens (tertiary/aromatic N) is 1. The number of nitrogens with one attached hydrogen (secondary N) is 2. The van der Waals surface area contributed by atoms with E-state index in [-0.39, 0.29) is 18.3 Å². The molecule has 21 heavy (non-hydrogen) atoms. The van der Waals surface area contributed by atoms with Crippen molar-refractivity contribution in [1.82, 2.24) is 15.3 Å². The number of aryl methyl sites for hydroxylation is 1. The molecule has 2 rings (SSSR count). The lowest BCUT2D eigenvalue weighted by atomic mass is 10.2. The SMILES string of the molecule is Cl.Nc1ncc(CCCNC(=O)/C=C/c2ccccc2)[nH]1. The molecule has 112 valence electrons. The number of nitrogen functional groups attached to an aromatic ring is 1. The molecule has 0 radical (unpaired) electrons. The fourth-order valence-electron chi connectivity index (χ4n) is 1.79. The van der Waals surface area contributed by atoms with Crippen LogP contribution in [0.2, 0.25) is 0 Å². The van der Waals surface area contributed by atoms with E-state index in [2.05, 4.69) is 15.3 Å². The number of aromatic amines is 1. The van der Waals surface area contributed by atoms with Crippen LogP contribution in [0.15, 0.2) is 42.6 Å². The first-order valence-corrected chi connectivity index (χ1v) is 6.54. The largest absolute Gasteiger partial charge is 0.369 e. The molecular formula is C15H19ClN4O. The van der Waals surface area contributed by atoms with Crippen LogP contribution in [0.3, 0.4) is 0 Å². The minimum absolute atomic E-state index is 0. The molecule has 0 spiro atoms. The van der Waals surface area contributed by atoms with Crippen molar-refractivity contribution < 1.29 is 4.79 Å². The number of benzene rings is 1. The van der Waals surface area contributed by atoms with Gasteiger partial charge in [0.2, 0.25) is 5.91 Å². The molecule has 4 N–H and O–H groups in total. The zero-order valence-electron chi connectivity index (χ0n) is 11.6. The van der Waals surface area contributed by atoms with Gasteiger partial charge in [-0.2, -0.15) is 0 Å². The summed E-state index contributed by atoms with van der Waals surface area (Å²) in [6.07, 6.45) is 6.71. The second-order valence-electron chi connectivity index (χ2n) is 4.43. The minimum atomic E-state index is -0.0852. The van der Waals surface area contributed by atoms with Gasteiger partial charge in [0, 0.05) is 18.3 Å². The number of rotatable bonds is 6. The number of amides is 1. The van der Waals surface area contributed by atoms with E-state index in [1.807, 2.05) is 30.3 Å². The van der Waals surface area contributed by atoms with Crippen molar-refractivity contribution in [2.24, 2.45) is 0 Å². The van der Waals surface area contributed by atoms with Crippen LogP contribution in [-0.4, -0.2) is 22.4 Å². The third-order valence-corrected chi connectivity index (χ3v) is 2.80. The van der Waals surface area contributed by atoms with E-state index in [0.29, 0.717) is 12.5 Å². The molecule has 0 atom stereocenters. The number of halogens is 1. The molecule has 0 aliphatic heterocycles. The normalized spacial score (nSPS) is 10.3. The van der Waals surface area contributed by atoms with Crippen LogP contribution in [0.1, 0.15) is 17.7 Å². The van der Waals surface area contributed by atoms with Crippen molar-refractivity contribution in [3.8, 4) is 0 Å². The molecule has 1 heterocycles. The lowest BCUT2D eigenvalue weighted by Gasteiger charge is -2.01. The van der Waals surface area contributed by atoms with Crippen molar-refractivity contribution in [3.05, 3.63) is 53.9 Å². The number of aromatic nitrogens is 2. The molecule has 1 aromatic heterocycles. The predicted octanol–water partition coefficient (Wildman–Crippen LogP) is 2.18. The van der Waals surface area contributed by atoms with Crippen molar-refractivity contribution in [2.45, 2.75) is 12.8 Å². The molecular weight excluding hydrogens is 288 g/mol. The summed E-state index contributed by atoms with van der Waals surface area (Å²) in [6, 6.07) is 9.72. The first-order valence-electron chi connectivity index (χ1n) is 6.54. The van der Waals surface area contributed by atoms with Crippen LogP contribution >= 0.6 is 12.4 Å². The molecule has 2 aromatic rings. The third kappa shape index (κ3) is 6.14. The molecule has 0 saturated carbocycles. The van der Waals surface area contributed by atoms with Gasteiger partial charge in [-0.3, -0.25) is 4.79 Å². The minimum Gasteiger partial charge on any atom is -0.369 e. The zero-order chi connectivity index (χ0) is 14.2. The first kappa shape index (κ1) is 16.8. The average Bonchev–Trinajstić information content (AvgIpc) is 2.88. The standard InChI is InChI=1S/C15H18N4O.ClH/c16-15-18-11-13(19-15)7-4-10-17-14(20)9-8-12-5-2-1-3-6-12;/h1-3,5-6,8-9,11H,4,7,10H2,(H,17,20)(H3,16,18,19);1H/b9-8+;. The van der Waals surface area contributed by atoms with Gasteiger partial charge in [-0.25, -0.2) is 4.98 Å². The molecule has 5 nitrogen and oxygen atoms in total. The Morgan fingerprint density at radius 2 is 2.10 bits per heavy atom. The van der Waals surface area contributed by atoms with Gasteiger partial charge in [0.15, 0.2) is 5.95 Å². The number of anilines is 1. The molecule has 0 bridgehead atoms. The number of H-pyrrole nitrogens is 1. The van der Waals surface area contributed by atoms with E-state index in [1.54, 1.807) is 18.3 Å². The summed E-state index contributed by atoms with van der Waals surface area (Å²) in [6.45, 7) is 0.622. The van der Waals surface area contributed by atoms with Crippen LogP contribution in [0.25, 0.3) is 6.08 Å². The van der Waals surface area contributed by atoms with Gasteiger partial charge < -0.3 is 16.0 Å². The maximum absolute atomic E-state index is 11.6.